The van der Waals surface area contributed by atoms with E-state index < -0.39 is 97.8 Å². The van der Waals surface area contributed by atoms with Crippen LogP contribution in [-0.4, -0.2) is 64.8 Å². The van der Waals surface area contributed by atoms with E-state index in [2.05, 4.69) is 4.52 Å². The number of benzene rings is 1. The first kappa shape index (κ1) is 31.3. The number of ether oxygens (including phenoxy) is 1. The van der Waals surface area contributed by atoms with Crippen LogP contribution in [0.1, 0.15) is 17.4 Å². The summed E-state index contributed by atoms with van der Waals surface area (Å²) >= 11 is 0. The Balaban J connectivity index is 2.00. The summed E-state index contributed by atoms with van der Waals surface area (Å²) in [5.74, 6) is -5.65. The molecule has 0 saturated carbocycles. The van der Waals surface area contributed by atoms with Gasteiger partial charge in [0.15, 0.2) is 12.1 Å². The van der Waals surface area contributed by atoms with Crippen molar-refractivity contribution in [1.29, 1.82) is 0 Å². The molecule has 1 saturated heterocycles. The van der Waals surface area contributed by atoms with Gasteiger partial charge in [0.1, 0.15) is 23.9 Å². The van der Waals surface area contributed by atoms with Gasteiger partial charge in [-0.1, -0.05) is 30.3 Å². The fourth-order valence-electron chi connectivity index (χ4n) is 3.67. The zero-order valence-corrected chi connectivity index (χ0v) is 21.0. The molecule has 20 heteroatoms. The lowest BCUT2D eigenvalue weighted by Crippen LogP contribution is -2.48. The number of rotatable bonds is 9. The molecule has 2 heterocycles. The van der Waals surface area contributed by atoms with Crippen LogP contribution >= 0.6 is 15.2 Å². The fourth-order valence-corrected chi connectivity index (χ4v) is 6.24. The predicted octanol–water partition coefficient (Wildman–Crippen LogP) is 0.777. The standard InChI is InChI=1S/C19H21F5N2O11P2/c20-18(21,10-4-2-1-3-5-10)8-26-15(29)11(19(22,23)24)6-25(17(26)30)16-14(28)13(27)12(37-16)7-36-39(34,35)9-38(31,32)33/h1-6,12-14,16,27-28H,7-9H2,(H,34,35)(H2,31,32,33)/t12-,13?,14+,16-/m1/s1. The van der Waals surface area contributed by atoms with E-state index in [-0.39, 0.29) is 10.8 Å². The molecule has 13 nitrogen and oxygen atoms in total. The summed E-state index contributed by atoms with van der Waals surface area (Å²) in [4.78, 5) is 52.6. The smallest absolute Gasteiger partial charge is 0.387 e. The van der Waals surface area contributed by atoms with Crippen LogP contribution in [0.25, 0.3) is 0 Å². The highest BCUT2D eigenvalue weighted by atomic mass is 31.2. The Kier molecular flexibility index (Phi) is 8.78. The average Bonchev–Trinajstić information content (AvgIpc) is 3.07. The lowest BCUT2D eigenvalue weighted by Gasteiger charge is -2.23. The van der Waals surface area contributed by atoms with E-state index in [0.717, 1.165) is 12.1 Å². The van der Waals surface area contributed by atoms with Gasteiger partial charge in [0, 0.05) is 11.8 Å². The maximum atomic E-state index is 14.8. The van der Waals surface area contributed by atoms with E-state index in [1.165, 1.54) is 18.2 Å². The number of aliphatic hydroxyl groups is 2. The largest absolute Gasteiger partial charge is 0.423 e. The third kappa shape index (κ3) is 7.28. The summed E-state index contributed by atoms with van der Waals surface area (Å²) in [5, 5.41) is 20.5. The summed E-state index contributed by atoms with van der Waals surface area (Å²) in [6.07, 6.45) is -14.0. The molecule has 0 amide bonds. The van der Waals surface area contributed by atoms with E-state index in [4.69, 9.17) is 14.5 Å². The lowest BCUT2D eigenvalue weighted by atomic mass is 10.1. The summed E-state index contributed by atoms with van der Waals surface area (Å²) in [5.41, 5.74) is -6.71. The number of halogens is 5. The molecule has 1 fully saturated rings. The van der Waals surface area contributed by atoms with Gasteiger partial charge in [-0.25, -0.2) is 4.79 Å². The Morgan fingerprint density at radius 2 is 1.56 bits per heavy atom. The fraction of sp³-hybridized carbons (Fsp3) is 0.474. The summed E-state index contributed by atoms with van der Waals surface area (Å²) in [6.45, 7) is -2.98. The van der Waals surface area contributed by atoms with E-state index in [1.54, 1.807) is 0 Å². The van der Waals surface area contributed by atoms with Crippen molar-refractivity contribution < 1.29 is 65.2 Å². The Hall–Kier alpha value is -2.27. The summed E-state index contributed by atoms with van der Waals surface area (Å²) in [7, 11) is -10.0. The van der Waals surface area contributed by atoms with Crippen molar-refractivity contribution in [2.24, 2.45) is 0 Å². The van der Waals surface area contributed by atoms with Gasteiger partial charge in [0.2, 0.25) is 0 Å². The van der Waals surface area contributed by atoms with Crippen LogP contribution in [0.4, 0.5) is 22.0 Å². The van der Waals surface area contributed by atoms with Crippen molar-refractivity contribution in [3.63, 3.8) is 0 Å². The van der Waals surface area contributed by atoms with Crippen molar-refractivity contribution in [1.82, 2.24) is 9.13 Å². The molecule has 39 heavy (non-hydrogen) atoms. The molecule has 5 atom stereocenters. The first-order valence-corrected chi connectivity index (χ1v) is 14.2. The minimum Gasteiger partial charge on any atom is -0.387 e. The van der Waals surface area contributed by atoms with Crippen molar-refractivity contribution in [3.05, 3.63) is 68.5 Å². The number of hydrogen-bond acceptors (Lipinski definition) is 8. The molecule has 1 aliphatic heterocycles. The Bertz CT molecular complexity index is 1410. The SMILES string of the molecule is O=c1c(C(F)(F)F)cn([C@@H]2O[C@H](COP(=O)(O)CP(=O)(O)O)C(O)[C@@H]2O)c(=O)n1CC(F)(F)c1ccccc1. The summed E-state index contributed by atoms with van der Waals surface area (Å²) in [6, 6.07) is 5.57. The molecular formula is C19H21F5N2O11P2. The molecule has 0 aliphatic carbocycles. The number of aromatic nitrogens is 2. The van der Waals surface area contributed by atoms with Crippen LogP contribution in [-0.2, 0) is 37.0 Å². The van der Waals surface area contributed by atoms with Crippen molar-refractivity contribution >= 4 is 15.2 Å². The maximum absolute atomic E-state index is 14.8. The van der Waals surface area contributed by atoms with Gasteiger partial charge < -0.3 is 34.2 Å². The molecule has 1 aromatic heterocycles. The molecule has 3 rings (SSSR count). The monoisotopic (exact) mass is 610 g/mol. The Morgan fingerprint density at radius 3 is 2.10 bits per heavy atom. The molecular weight excluding hydrogens is 589 g/mol. The van der Waals surface area contributed by atoms with Gasteiger partial charge >= 0.3 is 27.1 Å². The van der Waals surface area contributed by atoms with Crippen LogP contribution < -0.4 is 11.2 Å². The third-order valence-electron chi connectivity index (χ3n) is 5.47. The molecule has 0 spiro atoms. The van der Waals surface area contributed by atoms with E-state index in [9.17, 15) is 55.8 Å². The third-order valence-corrected chi connectivity index (χ3v) is 8.92. The Labute approximate surface area is 214 Å². The summed E-state index contributed by atoms with van der Waals surface area (Å²) < 4.78 is 102. The van der Waals surface area contributed by atoms with Crippen LogP contribution in [0.2, 0.25) is 0 Å². The number of alkyl halides is 5. The lowest BCUT2D eigenvalue weighted by molar-refractivity contribution is -0.140. The van der Waals surface area contributed by atoms with Crippen LogP contribution in [0.15, 0.2) is 46.1 Å². The first-order chi connectivity index (χ1) is 17.7. The Morgan fingerprint density at radius 1 is 0.974 bits per heavy atom. The van der Waals surface area contributed by atoms with E-state index in [0.29, 0.717) is 0 Å². The van der Waals surface area contributed by atoms with Crippen LogP contribution in [0, 0.1) is 0 Å². The minimum atomic E-state index is -5.47. The van der Waals surface area contributed by atoms with Crippen molar-refractivity contribution in [3.8, 4) is 0 Å². The van der Waals surface area contributed by atoms with Gasteiger partial charge in [-0.05, 0) is 0 Å². The molecule has 5 N–H and O–H groups in total. The van der Waals surface area contributed by atoms with E-state index >= 15 is 0 Å². The molecule has 0 radical (unpaired) electrons. The molecule has 2 unspecified atom stereocenters. The number of aliphatic hydroxyl groups excluding tert-OH is 2. The van der Waals surface area contributed by atoms with Gasteiger partial charge in [0.25, 0.3) is 11.5 Å². The van der Waals surface area contributed by atoms with Crippen molar-refractivity contribution in [2.45, 2.75) is 43.2 Å². The van der Waals surface area contributed by atoms with Gasteiger partial charge in [-0.2, -0.15) is 22.0 Å². The number of hydrogen-bond donors (Lipinski definition) is 5. The highest BCUT2D eigenvalue weighted by Crippen LogP contribution is 2.55. The second-order valence-electron chi connectivity index (χ2n) is 8.48. The van der Waals surface area contributed by atoms with Crippen molar-refractivity contribution in [2.75, 3.05) is 12.5 Å². The second kappa shape index (κ2) is 11.0. The number of nitrogens with zero attached hydrogens (tertiary/aromatic N) is 2. The highest BCUT2D eigenvalue weighted by molar-refractivity contribution is 7.70. The topological polar surface area (TPSA) is 198 Å². The highest BCUT2D eigenvalue weighted by Gasteiger charge is 2.47. The predicted molar refractivity (Wildman–Crippen MR) is 119 cm³/mol. The molecule has 218 valence electrons. The van der Waals surface area contributed by atoms with Gasteiger partial charge in [-0.3, -0.25) is 23.1 Å². The first-order valence-electron chi connectivity index (χ1n) is 10.6. The van der Waals surface area contributed by atoms with Gasteiger partial charge in [0.05, 0.1) is 13.2 Å². The van der Waals surface area contributed by atoms with Crippen LogP contribution in [0.5, 0.6) is 0 Å². The van der Waals surface area contributed by atoms with Crippen LogP contribution in [0.3, 0.4) is 0 Å². The van der Waals surface area contributed by atoms with Gasteiger partial charge in [-0.15, -0.1) is 0 Å². The zero-order chi connectivity index (χ0) is 29.6. The molecule has 1 aliphatic rings. The normalized spacial score (nSPS) is 24.1. The molecule has 0 bridgehead atoms. The van der Waals surface area contributed by atoms with E-state index in [1.807, 2.05) is 0 Å². The quantitative estimate of drug-likeness (QED) is 0.199. The maximum Gasteiger partial charge on any atom is 0.423 e. The molecule has 2 aromatic rings. The zero-order valence-electron chi connectivity index (χ0n) is 19.3. The molecule has 1 aromatic carbocycles. The second-order valence-corrected chi connectivity index (χ2v) is 12.5. The average molecular weight is 610 g/mol. The minimum absolute atomic E-state index is 0.0483.